The highest BCUT2D eigenvalue weighted by atomic mass is 32.2. The number of nitrogens with one attached hydrogen (secondary N) is 1. The SMILES string of the molecule is O=C1CCC(N2Cc3c(SCCCN4CCCCC4)cccc3C2=O)C(=O)N1. The fourth-order valence-corrected chi connectivity index (χ4v) is 5.36. The van der Waals surface area contributed by atoms with Crippen LogP contribution in [-0.2, 0) is 16.1 Å². The Morgan fingerprint density at radius 1 is 1.11 bits per heavy atom. The topological polar surface area (TPSA) is 69.7 Å². The molecule has 6 nitrogen and oxygen atoms in total. The van der Waals surface area contributed by atoms with Crippen LogP contribution in [0, 0.1) is 0 Å². The molecule has 0 aliphatic carbocycles. The lowest BCUT2D eigenvalue weighted by atomic mass is 10.0. The van der Waals surface area contributed by atoms with Gasteiger partial charge in [-0.1, -0.05) is 12.5 Å². The number of piperidine rings is 2. The van der Waals surface area contributed by atoms with Gasteiger partial charge in [0.2, 0.25) is 11.8 Å². The summed E-state index contributed by atoms with van der Waals surface area (Å²) in [5.41, 5.74) is 1.73. The molecule has 7 heteroatoms. The summed E-state index contributed by atoms with van der Waals surface area (Å²) in [7, 11) is 0. The van der Waals surface area contributed by atoms with Crippen LogP contribution in [0.1, 0.15) is 54.4 Å². The van der Waals surface area contributed by atoms with Gasteiger partial charge < -0.3 is 9.80 Å². The Balaban J connectivity index is 1.37. The minimum Gasteiger partial charge on any atom is -0.322 e. The fourth-order valence-electron chi connectivity index (χ4n) is 4.35. The molecule has 2 fully saturated rings. The van der Waals surface area contributed by atoms with E-state index in [-0.39, 0.29) is 24.1 Å². The minimum atomic E-state index is -0.547. The van der Waals surface area contributed by atoms with Crippen molar-refractivity contribution in [3.8, 4) is 0 Å². The van der Waals surface area contributed by atoms with Crippen molar-refractivity contribution in [2.75, 3.05) is 25.4 Å². The van der Waals surface area contributed by atoms with Crippen LogP contribution in [0.25, 0.3) is 0 Å². The van der Waals surface area contributed by atoms with Crippen molar-refractivity contribution in [1.82, 2.24) is 15.1 Å². The van der Waals surface area contributed by atoms with Crippen LogP contribution in [0.3, 0.4) is 0 Å². The number of amides is 3. The van der Waals surface area contributed by atoms with Crippen LogP contribution in [0.15, 0.2) is 23.1 Å². The number of nitrogens with zero attached hydrogens (tertiary/aromatic N) is 2. The summed E-state index contributed by atoms with van der Waals surface area (Å²) >= 11 is 1.81. The number of benzene rings is 1. The molecule has 3 heterocycles. The smallest absolute Gasteiger partial charge is 0.255 e. The third-order valence-electron chi connectivity index (χ3n) is 5.86. The molecule has 0 bridgehead atoms. The molecule has 0 aromatic heterocycles. The van der Waals surface area contributed by atoms with Gasteiger partial charge in [0.1, 0.15) is 6.04 Å². The number of carbonyl (C=O) groups is 3. The van der Waals surface area contributed by atoms with Gasteiger partial charge in [-0.25, -0.2) is 0 Å². The average molecular weight is 402 g/mol. The average Bonchev–Trinajstić information content (AvgIpc) is 3.03. The van der Waals surface area contributed by atoms with Crippen molar-refractivity contribution in [2.45, 2.75) is 56.0 Å². The van der Waals surface area contributed by atoms with Gasteiger partial charge in [-0.15, -0.1) is 11.8 Å². The van der Waals surface area contributed by atoms with Crippen molar-refractivity contribution in [3.05, 3.63) is 29.3 Å². The number of fused-ring (bicyclic) bond motifs is 1. The minimum absolute atomic E-state index is 0.0970. The monoisotopic (exact) mass is 401 g/mol. The third kappa shape index (κ3) is 4.10. The van der Waals surface area contributed by atoms with Crippen LogP contribution in [0.4, 0.5) is 0 Å². The summed E-state index contributed by atoms with van der Waals surface area (Å²) < 4.78 is 0. The number of hydrogen-bond acceptors (Lipinski definition) is 5. The highest BCUT2D eigenvalue weighted by Crippen LogP contribution is 2.34. The predicted octanol–water partition coefficient (Wildman–Crippen LogP) is 2.42. The van der Waals surface area contributed by atoms with Crippen molar-refractivity contribution in [1.29, 1.82) is 0 Å². The molecule has 0 saturated carbocycles. The molecule has 3 aliphatic rings. The molecule has 1 aromatic rings. The van der Waals surface area contributed by atoms with Gasteiger partial charge in [0.15, 0.2) is 0 Å². The number of rotatable bonds is 6. The Labute approximate surface area is 170 Å². The number of likely N-dealkylation sites (tertiary alicyclic amines) is 1. The molecule has 3 amide bonds. The summed E-state index contributed by atoms with van der Waals surface area (Å²) in [6.07, 6.45) is 5.82. The van der Waals surface area contributed by atoms with E-state index in [0.717, 1.165) is 29.2 Å². The number of carbonyl (C=O) groups excluding carboxylic acids is 3. The maximum Gasteiger partial charge on any atom is 0.255 e. The first-order valence-electron chi connectivity index (χ1n) is 10.2. The van der Waals surface area contributed by atoms with Crippen LogP contribution >= 0.6 is 11.8 Å². The zero-order chi connectivity index (χ0) is 19.5. The quantitative estimate of drug-likeness (QED) is 0.450. The summed E-state index contributed by atoms with van der Waals surface area (Å²) in [6.45, 7) is 4.04. The first-order chi connectivity index (χ1) is 13.6. The van der Waals surface area contributed by atoms with Crippen LogP contribution < -0.4 is 5.32 Å². The molecule has 1 N–H and O–H groups in total. The van der Waals surface area contributed by atoms with E-state index >= 15 is 0 Å². The van der Waals surface area contributed by atoms with E-state index in [4.69, 9.17) is 0 Å². The van der Waals surface area contributed by atoms with Crippen molar-refractivity contribution in [3.63, 3.8) is 0 Å². The highest BCUT2D eigenvalue weighted by Gasteiger charge is 2.39. The maximum absolute atomic E-state index is 12.9. The normalized spacial score (nSPS) is 23.1. The summed E-state index contributed by atoms with van der Waals surface area (Å²) in [6, 6.07) is 5.31. The molecular weight excluding hydrogens is 374 g/mol. The van der Waals surface area contributed by atoms with Crippen molar-refractivity contribution in [2.24, 2.45) is 0 Å². The van der Waals surface area contributed by atoms with Crippen molar-refractivity contribution >= 4 is 29.5 Å². The van der Waals surface area contributed by atoms with Crippen molar-refractivity contribution < 1.29 is 14.4 Å². The Kier molecular flexibility index (Phi) is 6.01. The zero-order valence-electron chi connectivity index (χ0n) is 16.1. The number of imide groups is 1. The summed E-state index contributed by atoms with van der Waals surface area (Å²) in [4.78, 5) is 41.8. The predicted molar refractivity (Wildman–Crippen MR) is 108 cm³/mol. The van der Waals surface area contributed by atoms with Gasteiger partial charge >= 0.3 is 0 Å². The molecule has 0 radical (unpaired) electrons. The molecule has 0 spiro atoms. The van der Waals surface area contributed by atoms with Gasteiger partial charge in [0.25, 0.3) is 5.91 Å². The molecule has 3 aliphatic heterocycles. The molecular formula is C21H27N3O3S. The Hall–Kier alpha value is -1.86. The Bertz CT molecular complexity index is 776. The van der Waals surface area contributed by atoms with Gasteiger partial charge in [0.05, 0.1) is 0 Å². The van der Waals surface area contributed by atoms with Gasteiger partial charge in [-0.2, -0.15) is 0 Å². The van der Waals surface area contributed by atoms with E-state index in [1.54, 1.807) is 16.7 Å². The summed E-state index contributed by atoms with van der Waals surface area (Å²) in [5.74, 6) is 0.322. The second kappa shape index (κ2) is 8.66. The third-order valence-corrected chi connectivity index (χ3v) is 7.05. The van der Waals surface area contributed by atoms with Gasteiger partial charge in [0, 0.05) is 23.4 Å². The molecule has 4 rings (SSSR count). The van der Waals surface area contributed by atoms with E-state index in [1.807, 2.05) is 12.1 Å². The van der Waals surface area contributed by atoms with Crippen LogP contribution in [0.5, 0.6) is 0 Å². The molecule has 1 aromatic carbocycles. The van der Waals surface area contributed by atoms with Crippen LogP contribution in [0.2, 0.25) is 0 Å². The van der Waals surface area contributed by atoms with E-state index in [0.29, 0.717) is 18.5 Å². The lowest BCUT2D eigenvalue weighted by Crippen LogP contribution is -2.52. The summed E-state index contributed by atoms with van der Waals surface area (Å²) in [5, 5.41) is 2.36. The zero-order valence-corrected chi connectivity index (χ0v) is 16.9. The second-order valence-electron chi connectivity index (χ2n) is 7.79. The van der Waals surface area contributed by atoms with E-state index in [9.17, 15) is 14.4 Å². The molecule has 1 atom stereocenters. The van der Waals surface area contributed by atoms with E-state index in [2.05, 4.69) is 16.3 Å². The largest absolute Gasteiger partial charge is 0.322 e. The standard InChI is InChI=1S/C21H27N3O3S/c25-19-9-8-17(20(26)22-19)24-14-16-15(21(24)27)6-4-7-18(16)28-13-5-12-23-10-2-1-3-11-23/h4,6-7,17H,1-3,5,8-14H2,(H,22,25,26). The fraction of sp³-hybridized carbons (Fsp3) is 0.571. The highest BCUT2D eigenvalue weighted by molar-refractivity contribution is 7.99. The second-order valence-corrected chi connectivity index (χ2v) is 8.92. The van der Waals surface area contributed by atoms with E-state index < -0.39 is 6.04 Å². The first kappa shape index (κ1) is 19.5. The van der Waals surface area contributed by atoms with E-state index in [1.165, 1.54) is 32.4 Å². The number of hydrogen-bond donors (Lipinski definition) is 1. The van der Waals surface area contributed by atoms with Gasteiger partial charge in [-0.3, -0.25) is 19.7 Å². The molecule has 2 saturated heterocycles. The molecule has 28 heavy (non-hydrogen) atoms. The number of thioether (sulfide) groups is 1. The van der Waals surface area contributed by atoms with Gasteiger partial charge in [-0.05, 0) is 68.8 Å². The first-order valence-corrected chi connectivity index (χ1v) is 11.2. The Morgan fingerprint density at radius 2 is 1.93 bits per heavy atom. The van der Waals surface area contributed by atoms with Crippen LogP contribution in [-0.4, -0.2) is 59.0 Å². The lowest BCUT2D eigenvalue weighted by molar-refractivity contribution is -0.136. The molecule has 1 unspecified atom stereocenters. The molecule has 150 valence electrons. The Morgan fingerprint density at radius 3 is 2.71 bits per heavy atom. The maximum atomic E-state index is 12.9. The lowest BCUT2D eigenvalue weighted by Gasteiger charge is -2.29.